The molecule has 0 atom stereocenters. The van der Waals surface area contributed by atoms with E-state index in [2.05, 4.69) is 15.6 Å². The summed E-state index contributed by atoms with van der Waals surface area (Å²) in [5, 5.41) is 6.54. The highest BCUT2D eigenvalue weighted by molar-refractivity contribution is 14.0. The van der Waals surface area contributed by atoms with Gasteiger partial charge in [-0.3, -0.25) is 9.79 Å². The average Bonchev–Trinajstić information content (AvgIpc) is 3.19. The molecule has 1 aliphatic carbocycles. The van der Waals surface area contributed by atoms with Gasteiger partial charge in [0.15, 0.2) is 5.96 Å². The molecule has 1 aromatic carbocycles. The largest absolute Gasteiger partial charge is 0.370 e. The molecule has 0 saturated heterocycles. The van der Waals surface area contributed by atoms with E-state index in [1.54, 1.807) is 18.0 Å². The molecule has 0 bridgehead atoms. The van der Waals surface area contributed by atoms with E-state index in [1.807, 2.05) is 45.0 Å². The highest BCUT2D eigenvalue weighted by atomic mass is 127. The van der Waals surface area contributed by atoms with Crippen molar-refractivity contribution in [2.24, 2.45) is 10.4 Å². The van der Waals surface area contributed by atoms with Crippen LogP contribution in [0.1, 0.15) is 45.1 Å². The lowest BCUT2D eigenvalue weighted by atomic mass is 9.84. The molecule has 1 saturated carbocycles. The maximum Gasteiger partial charge on any atom is 0.230 e. The molecule has 1 aliphatic rings. The number of nitrogens with one attached hydrogen (secondary N) is 2. The number of benzene rings is 1. The second-order valence-corrected chi connectivity index (χ2v) is 7.92. The van der Waals surface area contributed by atoms with Crippen molar-refractivity contribution in [3.8, 4) is 0 Å². The van der Waals surface area contributed by atoms with E-state index < -0.39 is 0 Å². The summed E-state index contributed by atoms with van der Waals surface area (Å²) in [6.45, 7) is 6.60. The van der Waals surface area contributed by atoms with E-state index in [1.165, 1.54) is 0 Å². The SMILES string of the molecule is CCN(CC)c1ccc(CNC(=NC)NCC2(C(=O)N(C)C)CCCC2)cc1F.I. The van der Waals surface area contributed by atoms with Crippen LogP contribution in [0.5, 0.6) is 0 Å². The van der Waals surface area contributed by atoms with E-state index in [4.69, 9.17) is 0 Å². The number of guanidine groups is 1. The number of hydrogen-bond donors (Lipinski definition) is 2. The molecule has 30 heavy (non-hydrogen) atoms. The summed E-state index contributed by atoms with van der Waals surface area (Å²) in [5.74, 6) is 0.584. The molecular formula is C22H37FIN5O. The monoisotopic (exact) mass is 533 g/mol. The van der Waals surface area contributed by atoms with Crippen molar-refractivity contribution in [1.82, 2.24) is 15.5 Å². The van der Waals surface area contributed by atoms with Crippen molar-refractivity contribution in [2.75, 3.05) is 45.7 Å². The number of hydrogen-bond acceptors (Lipinski definition) is 3. The predicted molar refractivity (Wildman–Crippen MR) is 133 cm³/mol. The second-order valence-electron chi connectivity index (χ2n) is 7.92. The lowest BCUT2D eigenvalue weighted by Crippen LogP contribution is -2.49. The third-order valence-corrected chi connectivity index (χ3v) is 5.81. The second kappa shape index (κ2) is 12.3. The van der Waals surface area contributed by atoms with Gasteiger partial charge in [0.1, 0.15) is 5.82 Å². The zero-order valence-corrected chi connectivity index (χ0v) is 21.3. The number of halogens is 2. The van der Waals surface area contributed by atoms with Gasteiger partial charge in [-0.25, -0.2) is 4.39 Å². The van der Waals surface area contributed by atoms with E-state index in [0.29, 0.717) is 24.7 Å². The molecule has 2 N–H and O–H groups in total. The fourth-order valence-corrected chi connectivity index (χ4v) is 4.13. The summed E-state index contributed by atoms with van der Waals surface area (Å²) in [6.07, 6.45) is 3.94. The highest BCUT2D eigenvalue weighted by Gasteiger charge is 2.42. The Balaban J connectivity index is 0.00000450. The molecule has 0 aromatic heterocycles. The molecular weight excluding hydrogens is 496 g/mol. The number of aliphatic imine (C=N–C) groups is 1. The van der Waals surface area contributed by atoms with Crippen LogP contribution < -0.4 is 15.5 Å². The van der Waals surface area contributed by atoms with Gasteiger partial charge in [-0.2, -0.15) is 0 Å². The quantitative estimate of drug-likeness (QED) is 0.305. The van der Waals surface area contributed by atoms with Crippen molar-refractivity contribution in [3.63, 3.8) is 0 Å². The van der Waals surface area contributed by atoms with Gasteiger partial charge in [-0.15, -0.1) is 24.0 Å². The van der Waals surface area contributed by atoms with Crippen LogP contribution in [0, 0.1) is 11.2 Å². The Morgan fingerprint density at radius 3 is 2.30 bits per heavy atom. The molecule has 8 heteroatoms. The molecule has 0 heterocycles. The standard InChI is InChI=1S/C22H36FN5O.HI/c1-6-28(7-2)19-11-10-17(14-18(19)23)15-25-21(24-3)26-16-22(12-8-9-13-22)20(29)27(4)5;/h10-11,14H,6-9,12-13,15-16H2,1-5H3,(H2,24,25,26);1H. The van der Waals surface area contributed by atoms with Crippen molar-refractivity contribution in [1.29, 1.82) is 0 Å². The molecule has 0 spiro atoms. The van der Waals surface area contributed by atoms with E-state index in [-0.39, 0.29) is 41.1 Å². The molecule has 2 rings (SSSR count). The molecule has 1 amide bonds. The third kappa shape index (κ3) is 6.46. The zero-order valence-electron chi connectivity index (χ0n) is 18.9. The van der Waals surface area contributed by atoms with Gasteiger partial charge < -0.3 is 20.4 Å². The van der Waals surface area contributed by atoms with Crippen LogP contribution in [0.15, 0.2) is 23.2 Å². The molecule has 170 valence electrons. The summed E-state index contributed by atoms with van der Waals surface area (Å²) < 4.78 is 14.5. The average molecular weight is 533 g/mol. The number of nitrogens with zero attached hydrogens (tertiary/aromatic N) is 3. The maximum absolute atomic E-state index is 14.5. The lowest BCUT2D eigenvalue weighted by Gasteiger charge is -2.31. The van der Waals surface area contributed by atoms with Crippen molar-refractivity contribution < 1.29 is 9.18 Å². The van der Waals surface area contributed by atoms with Crippen LogP contribution in [-0.2, 0) is 11.3 Å². The van der Waals surface area contributed by atoms with E-state index in [9.17, 15) is 9.18 Å². The summed E-state index contributed by atoms with van der Waals surface area (Å²) in [7, 11) is 5.33. The minimum Gasteiger partial charge on any atom is -0.370 e. The first-order chi connectivity index (χ1) is 13.9. The smallest absolute Gasteiger partial charge is 0.230 e. The molecule has 0 aliphatic heterocycles. The Morgan fingerprint density at radius 2 is 1.80 bits per heavy atom. The Morgan fingerprint density at radius 1 is 1.17 bits per heavy atom. The summed E-state index contributed by atoms with van der Waals surface area (Å²) in [4.78, 5) is 20.6. The fraction of sp³-hybridized carbons (Fsp3) is 0.636. The molecule has 0 unspecified atom stereocenters. The van der Waals surface area contributed by atoms with E-state index >= 15 is 0 Å². The summed E-state index contributed by atoms with van der Waals surface area (Å²) >= 11 is 0. The van der Waals surface area contributed by atoms with Crippen molar-refractivity contribution in [3.05, 3.63) is 29.6 Å². The minimum absolute atomic E-state index is 0. The normalized spacial score (nSPS) is 15.3. The van der Waals surface area contributed by atoms with Gasteiger partial charge in [-0.1, -0.05) is 18.9 Å². The Labute approximate surface area is 197 Å². The summed E-state index contributed by atoms with van der Waals surface area (Å²) in [5.41, 5.74) is 1.12. The number of amides is 1. The fourth-order valence-electron chi connectivity index (χ4n) is 4.13. The van der Waals surface area contributed by atoms with Gasteiger partial charge >= 0.3 is 0 Å². The van der Waals surface area contributed by atoms with E-state index in [0.717, 1.165) is 44.3 Å². The van der Waals surface area contributed by atoms with Crippen LogP contribution in [0.25, 0.3) is 0 Å². The van der Waals surface area contributed by atoms with Crippen LogP contribution in [0.3, 0.4) is 0 Å². The van der Waals surface area contributed by atoms with Crippen LogP contribution >= 0.6 is 24.0 Å². The van der Waals surface area contributed by atoms with Gasteiger partial charge in [0, 0.05) is 47.3 Å². The summed E-state index contributed by atoms with van der Waals surface area (Å²) in [6, 6.07) is 5.34. The van der Waals surface area contributed by atoms with Gasteiger partial charge in [0.05, 0.1) is 11.1 Å². The number of carbonyl (C=O) groups excluding carboxylic acids is 1. The van der Waals surface area contributed by atoms with Crippen LogP contribution in [0.4, 0.5) is 10.1 Å². The topological polar surface area (TPSA) is 60.0 Å². The first kappa shape index (κ1) is 26.5. The Kier molecular flexibility index (Phi) is 10.9. The van der Waals surface area contributed by atoms with Gasteiger partial charge in [0.2, 0.25) is 5.91 Å². The first-order valence-corrected chi connectivity index (χ1v) is 10.6. The number of anilines is 1. The highest BCUT2D eigenvalue weighted by Crippen LogP contribution is 2.38. The Bertz CT molecular complexity index is 715. The molecule has 1 fully saturated rings. The van der Waals surface area contributed by atoms with Crippen LogP contribution in [-0.4, -0.2) is 57.5 Å². The zero-order chi connectivity index (χ0) is 21.4. The molecule has 6 nitrogen and oxygen atoms in total. The van der Waals surface area contributed by atoms with Gasteiger partial charge in [-0.05, 0) is 44.4 Å². The van der Waals surface area contributed by atoms with Crippen molar-refractivity contribution >= 4 is 41.5 Å². The first-order valence-electron chi connectivity index (χ1n) is 10.6. The molecule has 1 aromatic rings. The van der Waals surface area contributed by atoms with Gasteiger partial charge in [0.25, 0.3) is 0 Å². The Hall–Kier alpha value is -1.58. The predicted octanol–water partition coefficient (Wildman–Crippen LogP) is 3.60. The minimum atomic E-state index is -0.362. The maximum atomic E-state index is 14.5. The lowest BCUT2D eigenvalue weighted by molar-refractivity contribution is -0.138. The van der Waals surface area contributed by atoms with Crippen molar-refractivity contribution in [2.45, 2.75) is 46.1 Å². The van der Waals surface area contributed by atoms with Crippen LogP contribution in [0.2, 0.25) is 0 Å². The number of carbonyl (C=O) groups is 1. The number of rotatable bonds is 8. The third-order valence-electron chi connectivity index (χ3n) is 5.81. The molecule has 0 radical (unpaired) electrons.